The van der Waals surface area contributed by atoms with Gasteiger partial charge in [-0.3, -0.25) is 4.79 Å². The van der Waals surface area contributed by atoms with Gasteiger partial charge in [0.25, 0.3) is 5.91 Å². The molecule has 0 bridgehead atoms. The SMILES string of the molecule is Cc1ccc(N2CCN(C(=O)c3cccc(O)c3C)[C@H](C)C2)cc1. The summed E-state index contributed by atoms with van der Waals surface area (Å²) >= 11 is 0. The van der Waals surface area contributed by atoms with E-state index >= 15 is 0 Å². The second-order valence-electron chi connectivity index (χ2n) is 6.58. The average molecular weight is 324 g/mol. The van der Waals surface area contributed by atoms with Crippen LogP contribution in [0.3, 0.4) is 0 Å². The molecule has 126 valence electrons. The van der Waals surface area contributed by atoms with Gasteiger partial charge in [-0.25, -0.2) is 0 Å². The summed E-state index contributed by atoms with van der Waals surface area (Å²) in [5.74, 6) is 0.172. The van der Waals surface area contributed by atoms with E-state index in [1.54, 1.807) is 25.1 Å². The molecule has 3 rings (SSSR count). The van der Waals surface area contributed by atoms with Crippen LogP contribution >= 0.6 is 0 Å². The number of phenols is 1. The number of carbonyl (C=O) groups is 1. The van der Waals surface area contributed by atoms with Gasteiger partial charge >= 0.3 is 0 Å². The van der Waals surface area contributed by atoms with E-state index in [0.29, 0.717) is 17.7 Å². The Morgan fingerprint density at radius 2 is 1.79 bits per heavy atom. The van der Waals surface area contributed by atoms with Gasteiger partial charge in [0.05, 0.1) is 0 Å². The summed E-state index contributed by atoms with van der Waals surface area (Å²) in [6.45, 7) is 8.26. The van der Waals surface area contributed by atoms with E-state index in [-0.39, 0.29) is 17.7 Å². The first-order chi connectivity index (χ1) is 11.5. The van der Waals surface area contributed by atoms with Gasteiger partial charge in [0.1, 0.15) is 5.75 Å². The average Bonchev–Trinajstić information content (AvgIpc) is 2.57. The zero-order valence-electron chi connectivity index (χ0n) is 14.5. The Morgan fingerprint density at radius 1 is 1.08 bits per heavy atom. The summed E-state index contributed by atoms with van der Waals surface area (Å²) in [4.78, 5) is 17.1. The molecule has 0 aromatic heterocycles. The molecule has 0 unspecified atom stereocenters. The third-order valence-electron chi connectivity index (χ3n) is 4.82. The van der Waals surface area contributed by atoms with Crippen molar-refractivity contribution in [3.8, 4) is 5.75 Å². The van der Waals surface area contributed by atoms with Crippen molar-refractivity contribution >= 4 is 11.6 Å². The lowest BCUT2D eigenvalue weighted by atomic mass is 10.0. The smallest absolute Gasteiger partial charge is 0.254 e. The first kappa shape index (κ1) is 16.4. The molecule has 2 aromatic carbocycles. The summed E-state index contributed by atoms with van der Waals surface area (Å²) in [6, 6.07) is 13.8. The second kappa shape index (κ2) is 6.56. The van der Waals surface area contributed by atoms with Crippen LogP contribution in [0, 0.1) is 13.8 Å². The number of aromatic hydroxyl groups is 1. The molecule has 0 spiro atoms. The van der Waals surface area contributed by atoms with Crippen LogP contribution < -0.4 is 4.90 Å². The van der Waals surface area contributed by atoms with Crippen LogP contribution in [0.25, 0.3) is 0 Å². The van der Waals surface area contributed by atoms with Crippen molar-refractivity contribution in [3.63, 3.8) is 0 Å². The fourth-order valence-electron chi connectivity index (χ4n) is 3.26. The van der Waals surface area contributed by atoms with Crippen LogP contribution in [0.5, 0.6) is 5.75 Å². The maximum atomic E-state index is 12.9. The van der Waals surface area contributed by atoms with E-state index in [9.17, 15) is 9.90 Å². The molecule has 1 heterocycles. The number of anilines is 1. The fourth-order valence-corrected chi connectivity index (χ4v) is 3.26. The van der Waals surface area contributed by atoms with E-state index in [2.05, 4.69) is 43.0 Å². The van der Waals surface area contributed by atoms with Crippen LogP contribution in [0.15, 0.2) is 42.5 Å². The molecule has 0 aliphatic carbocycles. The zero-order chi connectivity index (χ0) is 17.3. The quantitative estimate of drug-likeness (QED) is 0.921. The number of aryl methyl sites for hydroxylation is 1. The molecular formula is C20H24N2O2. The Labute approximate surface area is 143 Å². The number of carbonyl (C=O) groups excluding carboxylic acids is 1. The van der Waals surface area contributed by atoms with Crippen molar-refractivity contribution in [1.82, 2.24) is 4.90 Å². The molecular weight excluding hydrogens is 300 g/mol. The number of rotatable bonds is 2. The van der Waals surface area contributed by atoms with E-state index in [0.717, 1.165) is 13.1 Å². The van der Waals surface area contributed by atoms with Gasteiger partial charge in [0.15, 0.2) is 0 Å². The molecule has 0 saturated carbocycles. The van der Waals surface area contributed by atoms with Gasteiger partial charge in [-0.05, 0) is 45.0 Å². The van der Waals surface area contributed by atoms with Crippen molar-refractivity contribution in [2.75, 3.05) is 24.5 Å². The van der Waals surface area contributed by atoms with Crippen LogP contribution in [-0.2, 0) is 0 Å². The highest BCUT2D eigenvalue weighted by molar-refractivity contribution is 5.96. The molecule has 1 atom stereocenters. The second-order valence-corrected chi connectivity index (χ2v) is 6.58. The summed E-state index contributed by atoms with van der Waals surface area (Å²) in [5, 5.41) is 9.85. The number of nitrogens with zero attached hydrogens (tertiary/aromatic N) is 2. The Hall–Kier alpha value is -2.49. The monoisotopic (exact) mass is 324 g/mol. The van der Waals surface area contributed by atoms with Crippen LogP contribution in [-0.4, -0.2) is 41.6 Å². The van der Waals surface area contributed by atoms with Gasteiger partial charge in [-0.2, -0.15) is 0 Å². The standard InChI is InChI=1S/C20H24N2O2/c1-14-7-9-17(10-8-14)21-11-12-22(15(2)13-21)20(24)18-5-4-6-19(23)16(18)3/h4-10,15,23H,11-13H2,1-3H3/t15-/m1/s1. The predicted molar refractivity (Wildman–Crippen MR) is 96.7 cm³/mol. The number of benzene rings is 2. The van der Waals surface area contributed by atoms with Crippen molar-refractivity contribution in [2.45, 2.75) is 26.8 Å². The molecule has 1 fully saturated rings. The maximum Gasteiger partial charge on any atom is 0.254 e. The Kier molecular flexibility index (Phi) is 4.47. The summed E-state index contributed by atoms with van der Waals surface area (Å²) in [6.07, 6.45) is 0. The third-order valence-corrected chi connectivity index (χ3v) is 4.82. The minimum absolute atomic E-state index is 0.000504. The Morgan fingerprint density at radius 3 is 2.46 bits per heavy atom. The lowest BCUT2D eigenvalue weighted by Crippen LogP contribution is -2.54. The minimum atomic E-state index is -0.000504. The van der Waals surface area contributed by atoms with Gasteiger partial charge in [0, 0.05) is 42.5 Å². The van der Waals surface area contributed by atoms with Gasteiger partial charge in [0.2, 0.25) is 0 Å². The van der Waals surface area contributed by atoms with Gasteiger partial charge < -0.3 is 14.9 Å². The van der Waals surface area contributed by atoms with Crippen molar-refractivity contribution in [1.29, 1.82) is 0 Å². The molecule has 4 nitrogen and oxygen atoms in total. The molecule has 1 N–H and O–H groups in total. The van der Waals surface area contributed by atoms with Crippen molar-refractivity contribution < 1.29 is 9.90 Å². The highest BCUT2D eigenvalue weighted by Gasteiger charge is 2.29. The number of hydrogen-bond acceptors (Lipinski definition) is 3. The molecule has 1 saturated heterocycles. The normalized spacial score (nSPS) is 17.9. The van der Waals surface area contributed by atoms with Crippen LogP contribution in [0.1, 0.15) is 28.4 Å². The zero-order valence-corrected chi connectivity index (χ0v) is 14.5. The van der Waals surface area contributed by atoms with Crippen LogP contribution in [0.2, 0.25) is 0 Å². The molecule has 2 aromatic rings. The first-order valence-electron chi connectivity index (χ1n) is 8.38. The lowest BCUT2D eigenvalue weighted by molar-refractivity contribution is 0.0673. The molecule has 1 amide bonds. The summed E-state index contributed by atoms with van der Waals surface area (Å²) < 4.78 is 0. The molecule has 1 aliphatic heterocycles. The van der Waals surface area contributed by atoms with E-state index in [1.807, 2.05) is 4.90 Å². The number of hydrogen-bond donors (Lipinski definition) is 1. The van der Waals surface area contributed by atoms with Crippen molar-refractivity contribution in [2.24, 2.45) is 0 Å². The van der Waals surface area contributed by atoms with Crippen molar-refractivity contribution in [3.05, 3.63) is 59.2 Å². The van der Waals surface area contributed by atoms with E-state index < -0.39 is 0 Å². The predicted octanol–water partition coefficient (Wildman–Crippen LogP) is 3.36. The van der Waals surface area contributed by atoms with E-state index in [1.165, 1.54) is 11.3 Å². The number of amides is 1. The number of phenolic OH excluding ortho intramolecular Hbond substituents is 1. The third kappa shape index (κ3) is 3.09. The lowest BCUT2D eigenvalue weighted by Gasteiger charge is -2.41. The molecule has 24 heavy (non-hydrogen) atoms. The molecule has 4 heteroatoms. The fraction of sp³-hybridized carbons (Fsp3) is 0.350. The largest absolute Gasteiger partial charge is 0.508 e. The van der Waals surface area contributed by atoms with E-state index in [4.69, 9.17) is 0 Å². The highest BCUT2D eigenvalue weighted by Crippen LogP contribution is 2.24. The highest BCUT2D eigenvalue weighted by atomic mass is 16.3. The minimum Gasteiger partial charge on any atom is -0.508 e. The summed E-state index contributed by atoms with van der Waals surface area (Å²) in [5.41, 5.74) is 3.69. The first-order valence-corrected chi connectivity index (χ1v) is 8.38. The summed E-state index contributed by atoms with van der Waals surface area (Å²) in [7, 11) is 0. The topological polar surface area (TPSA) is 43.8 Å². The van der Waals surface area contributed by atoms with Gasteiger partial charge in [-0.1, -0.05) is 23.8 Å². The molecule has 0 radical (unpaired) electrons. The Balaban J connectivity index is 1.75. The van der Waals surface area contributed by atoms with Gasteiger partial charge in [-0.15, -0.1) is 0 Å². The van der Waals surface area contributed by atoms with Crippen LogP contribution in [0.4, 0.5) is 5.69 Å². The maximum absolute atomic E-state index is 12.9. The molecule has 1 aliphatic rings. The Bertz CT molecular complexity index is 740. The number of piperazine rings is 1.